The van der Waals surface area contributed by atoms with Crippen molar-refractivity contribution < 1.29 is 9.53 Å². The number of pyridine rings is 1. The van der Waals surface area contributed by atoms with Crippen LogP contribution in [0.25, 0.3) is 10.6 Å². The number of ether oxygens (including phenoxy) is 1. The summed E-state index contributed by atoms with van der Waals surface area (Å²) in [6.07, 6.45) is 2.06. The number of hydrogen-bond acceptors (Lipinski definition) is 6. The maximum Gasteiger partial charge on any atom is 0.226 e. The Hall–Kier alpha value is -2.29. The number of halogens is 1. The summed E-state index contributed by atoms with van der Waals surface area (Å²) in [7, 11) is 0. The Morgan fingerprint density at radius 3 is 2.93 bits per heavy atom. The zero-order chi connectivity index (χ0) is 20.1. The molecule has 1 fully saturated rings. The molecule has 0 saturated carbocycles. The summed E-state index contributed by atoms with van der Waals surface area (Å²) in [5.41, 5.74) is 2.86. The Morgan fingerprint density at radius 2 is 2.10 bits per heavy atom. The van der Waals surface area contributed by atoms with E-state index in [0.717, 1.165) is 58.4 Å². The molecule has 0 aliphatic carbocycles. The van der Waals surface area contributed by atoms with Gasteiger partial charge in [0.15, 0.2) is 0 Å². The van der Waals surface area contributed by atoms with Crippen LogP contribution in [0.3, 0.4) is 0 Å². The van der Waals surface area contributed by atoms with E-state index >= 15 is 0 Å². The van der Waals surface area contributed by atoms with Crippen LogP contribution in [0.2, 0.25) is 0 Å². The van der Waals surface area contributed by atoms with Gasteiger partial charge < -0.3 is 15.0 Å². The molecule has 0 bridgehead atoms. The highest BCUT2D eigenvalue weighted by Crippen LogP contribution is 2.26. The van der Waals surface area contributed by atoms with Crippen molar-refractivity contribution in [2.45, 2.75) is 13.0 Å². The quantitative estimate of drug-likeness (QED) is 0.592. The van der Waals surface area contributed by atoms with Crippen molar-refractivity contribution in [3.63, 3.8) is 0 Å². The van der Waals surface area contributed by atoms with E-state index in [1.54, 1.807) is 17.5 Å². The van der Waals surface area contributed by atoms with E-state index < -0.39 is 0 Å². The van der Waals surface area contributed by atoms with E-state index in [1.165, 1.54) is 0 Å². The Balaban J connectivity index is 1.32. The number of carbonyl (C=O) groups excluding carboxylic acids is 1. The molecular weight excluding hydrogens is 452 g/mol. The lowest BCUT2D eigenvalue weighted by Gasteiger charge is -2.28. The summed E-state index contributed by atoms with van der Waals surface area (Å²) in [4.78, 5) is 23.6. The Kier molecular flexibility index (Phi) is 6.53. The summed E-state index contributed by atoms with van der Waals surface area (Å²) in [5, 5.41) is 5.84. The number of thiazole rings is 1. The van der Waals surface area contributed by atoms with E-state index in [-0.39, 0.29) is 12.3 Å². The number of hydrogen-bond donors (Lipinski definition) is 1. The molecule has 1 saturated heterocycles. The molecule has 1 aromatic carbocycles. The Labute approximate surface area is 182 Å². The molecule has 1 aliphatic rings. The number of amides is 1. The molecule has 0 unspecified atom stereocenters. The van der Waals surface area contributed by atoms with Crippen molar-refractivity contribution in [1.29, 1.82) is 0 Å². The molecule has 6 nitrogen and oxygen atoms in total. The van der Waals surface area contributed by atoms with Gasteiger partial charge in [-0.25, -0.2) is 9.97 Å². The third-order valence-electron chi connectivity index (χ3n) is 4.60. The van der Waals surface area contributed by atoms with Crippen LogP contribution < -0.4 is 10.2 Å². The molecule has 3 heterocycles. The highest BCUT2D eigenvalue weighted by molar-refractivity contribution is 9.10. The van der Waals surface area contributed by atoms with Crippen molar-refractivity contribution in [3.8, 4) is 10.6 Å². The second-order valence-electron chi connectivity index (χ2n) is 6.73. The fourth-order valence-corrected chi connectivity index (χ4v) is 4.32. The standard InChI is InChI=1S/C21H21BrN4O2S/c22-17-3-1-2-16(11-17)21-25-18(14-29-21)12-20(27)24-13-15-4-5-23-19(10-15)26-6-8-28-9-7-26/h1-5,10-11,14H,6-9,12-13H2,(H,24,27). The summed E-state index contributed by atoms with van der Waals surface area (Å²) in [6.45, 7) is 3.59. The first-order chi connectivity index (χ1) is 14.2. The van der Waals surface area contributed by atoms with Crippen LogP contribution in [0.4, 0.5) is 5.82 Å². The lowest BCUT2D eigenvalue weighted by Crippen LogP contribution is -2.36. The minimum absolute atomic E-state index is 0.0409. The second kappa shape index (κ2) is 9.47. The smallest absolute Gasteiger partial charge is 0.226 e. The zero-order valence-corrected chi connectivity index (χ0v) is 18.2. The molecule has 0 radical (unpaired) electrons. The van der Waals surface area contributed by atoms with Crippen molar-refractivity contribution in [3.05, 3.63) is 63.7 Å². The van der Waals surface area contributed by atoms with Gasteiger partial charge in [-0.05, 0) is 29.8 Å². The molecule has 0 spiro atoms. The fourth-order valence-electron chi connectivity index (χ4n) is 3.11. The number of morpholine rings is 1. The van der Waals surface area contributed by atoms with Gasteiger partial charge in [0.05, 0.1) is 25.3 Å². The maximum atomic E-state index is 12.4. The predicted octanol–water partition coefficient (Wildman–Crippen LogP) is 3.66. The maximum absolute atomic E-state index is 12.4. The van der Waals surface area contributed by atoms with Gasteiger partial charge in [0.2, 0.25) is 5.91 Å². The number of aromatic nitrogens is 2. The minimum atomic E-state index is -0.0409. The molecule has 3 aromatic rings. The van der Waals surface area contributed by atoms with Gasteiger partial charge in [-0.1, -0.05) is 28.1 Å². The normalized spacial score (nSPS) is 14.0. The van der Waals surface area contributed by atoms with Crippen LogP contribution in [-0.4, -0.2) is 42.2 Å². The monoisotopic (exact) mass is 472 g/mol. The molecule has 1 N–H and O–H groups in total. The van der Waals surface area contributed by atoms with Crippen molar-refractivity contribution in [1.82, 2.24) is 15.3 Å². The summed E-state index contributed by atoms with van der Waals surface area (Å²) < 4.78 is 6.40. The van der Waals surface area contributed by atoms with Gasteiger partial charge in [0.25, 0.3) is 0 Å². The van der Waals surface area contributed by atoms with Crippen molar-refractivity contribution in [2.75, 3.05) is 31.2 Å². The first-order valence-electron chi connectivity index (χ1n) is 9.42. The van der Waals surface area contributed by atoms with E-state index in [1.807, 2.05) is 41.8 Å². The van der Waals surface area contributed by atoms with Gasteiger partial charge >= 0.3 is 0 Å². The summed E-state index contributed by atoms with van der Waals surface area (Å²) in [5.74, 6) is 0.888. The Morgan fingerprint density at radius 1 is 1.24 bits per heavy atom. The Bertz CT molecular complexity index is 988. The number of nitrogens with zero attached hydrogens (tertiary/aromatic N) is 3. The fraction of sp³-hybridized carbons (Fsp3) is 0.286. The van der Waals surface area contributed by atoms with Gasteiger partial charge in [-0.2, -0.15) is 0 Å². The van der Waals surface area contributed by atoms with Gasteiger partial charge in [0.1, 0.15) is 10.8 Å². The van der Waals surface area contributed by atoms with Crippen LogP contribution in [-0.2, 0) is 22.5 Å². The first kappa shape index (κ1) is 20.0. The highest BCUT2D eigenvalue weighted by atomic mass is 79.9. The number of rotatable bonds is 6. The first-order valence-corrected chi connectivity index (χ1v) is 11.1. The number of benzene rings is 1. The average molecular weight is 473 g/mol. The molecule has 0 atom stereocenters. The average Bonchev–Trinajstić information content (AvgIpc) is 3.22. The van der Waals surface area contributed by atoms with Crippen molar-refractivity contribution >= 4 is 39.0 Å². The molecule has 2 aromatic heterocycles. The van der Waals surface area contributed by atoms with Crippen LogP contribution in [0, 0.1) is 0 Å². The largest absolute Gasteiger partial charge is 0.378 e. The van der Waals surface area contributed by atoms with Crippen molar-refractivity contribution in [2.24, 2.45) is 0 Å². The molecule has 1 amide bonds. The minimum Gasteiger partial charge on any atom is -0.378 e. The van der Waals surface area contributed by atoms with Gasteiger partial charge in [0, 0.05) is 41.2 Å². The van der Waals surface area contributed by atoms with Crippen LogP contribution in [0.15, 0.2) is 52.4 Å². The molecule has 4 rings (SSSR count). The second-order valence-corrected chi connectivity index (χ2v) is 8.50. The zero-order valence-electron chi connectivity index (χ0n) is 15.8. The lowest BCUT2D eigenvalue weighted by molar-refractivity contribution is -0.120. The predicted molar refractivity (Wildman–Crippen MR) is 118 cm³/mol. The molecule has 29 heavy (non-hydrogen) atoms. The van der Waals surface area contributed by atoms with Crippen LogP contribution in [0.5, 0.6) is 0 Å². The summed E-state index contributed by atoms with van der Waals surface area (Å²) >= 11 is 5.03. The third-order valence-corrected chi connectivity index (χ3v) is 6.03. The third kappa shape index (κ3) is 5.41. The number of nitrogens with one attached hydrogen (secondary N) is 1. The summed E-state index contributed by atoms with van der Waals surface area (Å²) in [6, 6.07) is 12.0. The molecule has 150 valence electrons. The topological polar surface area (TPSA) is 67.4 Å². The van der Waals surface area contributed by atoms with Crippen LogP contribution >= 0.6 is 27.3 Å². The molecule has 8 heteroatoms. The highest BCUT2D eigenvalue weighted by Gasteiger charge is 2.13. The van der Waals surface area contributed by atoms with E-state index in [2.05, 4.69) is 36.1 Å². The van der Waals surface area contributed by atoms with Gasteiger partial charge in [-0.15, -0.1) is 11.3 Å². The van der Waals surface area contributed by atoms with E-state index in [9.17, 15) is 4.79 Å². The molecular formula is C21H21BrN4O2S. The van der Waals surface area contributed by atoms with Gasteiger partial charge in [-0.3, -0.25) is 4.79 Å². The van der Waals surface area contributed by atoms with E-state index in [4.69, 9.17) is 4.74 Å². The van der Waals surface area contributed by atoms with Crippen LogP contribution in [0.1, 0.15) is 11.3 Å². The SMILES string of the molecule is O=C(Cc1csc(-c2cccc(Br)c2)n1)NCc1ccnc(N2CCOCC2)c1. The van der Waals surface area contributed by atoms with E-state index in [0.29, 0.717) is 6.54 Å². The number of anilines is 1. The number of carbonyl (C=O) groups is 1. The lowest BCUT2D eigenvalue weighted by atomic mass is 10.2. The molecule has 1 aliphatic heterocycles.